The lowest BCUT2D eigenvalue weighted by molar-refractivity contribution is -0.794. The van der Waals surface area contributed by atoms with Crippen LogP contribution in [0.3, 0.4) is 0 Å². The molecule has 1 heterocycles. The van der Waals surface area contributed by atoms with E-state index in [4.69, 9.17) is 0 Å². The van der Waals surface area contributed by atoms with E-state index in [0.29, 0.717) is 6.54 Å². The van der Waals surface area contributed by atoms with E-state index in [2.05, 4.69) is 12.6 Å². The van der Waals surface area contributed by atoms with Crippen LogP contribution in [0.5, 0.6) is 0 Å². The molecular weight excluding hydrogens is 250 g/mol. The average molecular weight is 272 g/mol. The predicted octanol–water partition coefficient (Wildman–Crippen LogP) is 2.68. The number of likely N-dealkylation sites (tertiary alicyclic amines) is 1. The molecule has 18 heavy (non-hydrogen) atoms. The van der Waals surface area contributed by atoms with E-state index < -0.39 is 6.09 Å². The van der Waals surface area contributed by atoms with Crippen molar-refractivity contribution < 1.29 is 19.2 Å². The molecule has 0 aromatic rings. The van der Waals surface area contributed by atoms with E-state index >= 15 is 0 Å². The standard InChI is InChI=1S/C13H21NO3S/c1-9-5-4-8-14(9,13(16)17)12(15)10-6-2-3-7-11(10)18/h9-11H,2-8H2,1H3,(H-,16,17,18)/p+1/t9-,10?,11?,14?/m1/s1. The molecule has 2 aliphatic rings. The number of amides is 2. The molecule has 3 unspecified atom stereocenters. The highest BCUT2D eigenvalue weighted by Crippen LogP contribution is 2.36. The molecule has 1 saturated carbocycles. The topological polar surface area (TPSA) is 54.4 Å². The van der Waals surface area contributed by atoms with Crippen LogP contribution in [0.25, 0.3) is 0 Å². The average Bonchev–Trinajstić information content (AvgIpc) is 2.72. The fraction of sp³-hybridized carbons (Fsp3) is 0.846. The van der Waals surface area contributed by atoms with Crippen molar-refractivity contribution in [3.05, 3.63) is 0 Å². The third-order valence-electron chi connectivity index (χ3n) is 4.67. The molecule has 102 valence electrons. The van der Waals surface area contributed by atoms with E-state index in [9.17, 15) is 14.7 Å². The van der Waals surface area contributed by atoms with Gasteiger partial charge in [0, 0.05) is 18.1 Å². The molecule has 0 bridgehead atoms. The molecule has 0 aromatic heterocycles. The summed E-state index contributed by atoms with van der Waals surface area (Å²) in [7, 11) is 0. The molecule has 1 aliphatic carbocycles. The highest BCUT2D eigenvalue weighted by Gasteiger charge is 2.55. The molecule has 0 aromatic carbocycles. The first-order valence-corrected chi connectivity index (χ1v) is 7.35. The van der Waals surface area contributed by atoms with E-state index in [1.165, 1.54) is 0 Å². The first-order valence-electron chi connectivity index (χ1n) is 6.84. The van der Waals surface area contributed by atoms with Crippen LogP contribution in [-0.2, 0) is 4.79 Å². The molecule has 5 heteroatoms. The van der Waals surface area contributed by atoms with Gasteiger partial charge in [0.1, 0.15) is 6.04 Å². The van der Waals surface area contributed by atoms with Gasteiger partial charge in [-0.2, -0.15) is 21.9 Å². The Labute approximate surface area is 113 Å². The fourth-order valence-electron chi connectivity index (χ4n) is 3.48. The Morgan fingerprint density at radius 2 is 1.83 bits per heavy atom. The number of carboxylic acid groups (broad SMARTS) is 1. The molecular formula is C13H22NO3S+. The lowest BCUT2D eigenvalue weighted by Crippen LogP contribution is -2.61. The maximum Gasteiger partial charge on any atom is 0.521 e. The van der Waals surface area contributed by atoms with Crippen molar-refractivity contribution in [3.63, 3.8) is 0 Å². The summed E-state index contributed by atoms with van der Waals surface area (Å²) < 4.78 is -0.359. The Hall–Kier alpha value is -0.550. The van der Waals surface area contributed by atoms with Gasteiger partial charge in [0.15, 0.2) is 0 Å². The summed E-state index contributed by atoms with van der Waals surface area (Å²) in [6.45, 7) is 2.34. The van der Waals surface area contributed by atoms with Crippen molar-refractivity contribution in [1.29, 1.82) is 0 Å². The van der Waals surface area contributed by atoms with Gasteiger partial charge < -0.3 is 5.11 Å². The number of imide groups is 1. The van der Waals surface area contributed by atoms with Gasteiger partial charge in [0.2, 0.25) is 0 Å². The van der Waals surface area contributed by atoms with E-state index in [-0.39, 0.29) is 27.6 Å². The van der Waals surface area contributed by atoms with Gasteiger partial charge in [-0.15, -0.1) is 0 Å². The molecule has 0 radical (unpaired) electrons. The summed E-state index contributed by atoms with van der Waals surface area (Å²) in [4.78, 5) is 24.4. The Bertz CT molecular complexity index is 360. The number of nitrogens with zero attached hydrogens (tertiary/aromatic N) is 1. The van der Waals surface area contributed by atoms with Crippen LogP contribution < -0.4 is 0 Å². The summed E-state index contributed by atoms with van der Waals surface area (Å²) in [5, 5.41) is 9.58. The number of carbonyl (C=O) groups is 2. The second-order valence-electron chi connectivity index (χ2n) is 5.66. The summed E-state index contributed by atoms with van der Waals surface area (Å²) >= 11 is 4.50. The maximum absolute atomic E-state index is 12.7. The molecule has 4 atom stereocenters. The number of hydrogen-bond acceptors (Lipinski definition) is 3. The molecule has 1 N–H and O–H groups in total. The van der Waals surface area contributed by atoms with Gasteiger partial charge in [0.25, 0.3) is 0 Å². The van der Waals surface area contributed by atoms with Crippen LogP contribution in [0.2, 0.25) is 0 Å². The molecule has 1 saturated heterocycles. The van der Waals surface area contributed by atoms with Crippen LogP contribution in [0.1, 0.15) is 45.4 Å². The fourth-order valence-corrected chi connectivity index (χ4v) is 3.94. The number of thiol groups is 1. The summed E-state index contributed by atoms with van der Waals surface area (Å²) in [6, 6.07) is -0.0996. The van der Waals surface area contributed by atoms with Gasteiger partial charge in [-0.05, 0) is 19.8 Å². The smallest absolute Gasteiger partial charge is 0.435 e. The van der Waals surface area contributed by atoms with Crippen molar-refractivity contribution in [1.82, 2.24) is 0 Å². The molecule has 2 amide bonds. The monoisotopic (exact) mass is 272 g/mol. The predicted molar refractivity (Wildman–Crippen MR) is 71.6 cm³/mol. The number of carbonyl (C=O) groups excluding carboxylic acids is 1. The van der Waals surface area contributed by atoms with E-state index in [0.717, 1.165) is 38.5 Å². The van der Waals surface area contributed by atoms with Crippen molar-refractivity contribution in [2.45, 2.75) is 56.7 Å². The Morgan fingerprint density at radius 1 is 1.17 bits per heavy atom. The minimum atomic E-state index is -0.976. The normalized spacial score (nSPS) is 40.7. The first-order chi connectivity index (χ1) is 8.50. The van der Waals surface area contributed by atoms with Gasteiger partial charge in [-0.1, -0.05) is 12.8 Å². The van der Waals surface area contributed by atoms with Gasteiger partial charge >= 0.3 is 12.0 Å². The number of rotatable bonds is 1. The van der Waals surface area contributed by atoms with Crippen molar-refractivity contribution in [2.75, 3.05) is 6.54 Å². The Balaban J connectivity index is 2.26. The lowest BCUT2D eigenvalue weighted by Gasteiger charge is -2.35. The lowest BCUT2D eigenvalue weighted by atomic mass is 9.86. The Morgan fingerprint density at radius 3 is 2.33 bits per heavy atom. The minimum Gasteiger partial charge on any atom is -0.435 e. The maximum atomic E-state index is 12.7. The van der Waals surface area contributed by atoms with Crippen molar-refractivity contribution >= 4 is 24.6 Å². The third-order valence-corrected chi connectivity index (χ3v) is 5.28. The van der Waals surface area contributed by atoms with Crippen LogP contribution in [0.15, 0.2) is 0 Å². The SMILES string of the molecule is C[C@@H]1CCC[N+]1(C(=O)O)C(=O)C1CCCCC1S. The summed E-state index contributed by atoms with van der Waals surface area (Å²) in [5.74, 6) is -0.286. The third kappa shape index (κ3) is 2.07. The largest absolute Gasteiger partial charge is 0.521 e. The molecule has 2 fully saturated rings. The molecule has 1 aliphatic heterocycles. The second-order valence-corrected chi connectivity index (χ2v) is 6.33. The zero-order chi connectivity index (χ0) is 13.3. The highest BCUT2D eigenvalue weighted by atomic mass is 32.1. The van der Waals surface area contributed by atoms with Gasteiger partial charge in [-0.25, -0.2) is 4.79 Å². The Kier molecular flexibility index (Phi) is 4.02. The van der Waals surface area contributed by atoms with Gasteiger partial charge in [0.05, 0.1) is 12.5 Å². The van der Waals surface area contributed by atoms with E-state index in [1.807, 2.05) is 6.92 Å². The molecule has 2 rings (SSSR count). The van der Waals surface area contributed by atoms with Crippen LogP contribution >= 0.6 is 12.6 Å². The van der Waals surface area contributed by atoms with Crippen molar-refractivity contribution in [2.24, 2.45) is 5.92 Å². The van der Waals surface area contributed by atoms with Gasteiger partial charge in [-0.3, -0.25) is 0 Å². The molecule has 0 spiro atoms. The second kappa shape index (κ2) is 5.21. The first kappa shape index (κ1) is 13.9. The van der Waals surface area contributed by atoms with E-state index in [1.54, 1.807) is 0 Å². The highest BCUT2D eigenvalue weighted by molar-refractivity contribution is 7.81. The zero-order valence-electron chi connectivity index (χ0n) is 10.8. The summed E-state index contributed by atoms with van der Waals surface area (Å²) in [5.41, 5.74) is 0. The summed E-state index contributed by atoms with van der Waals surface area (Å²) in [6.07, 6.45) is 4.50. The van der Waals surface area contributed by atoms with Crippen molar-refractivity contribution in [3.8, 4) is 0 Å². The number of quaternary nitrogens is 1. The van der Waals surface area contributed by atoms with Crippen LogP contribution in [0, 0.1) is 5.92 Å². The van der Waals surface area contributed by atoms with Crippen LogP contribution in [-0.4, -0.2) is 39.4 Å². The quantitative estimate of drug-likeness (QED) is 0.570. The van der Waals surface area contributed by atoms with Crippen LogP contribution in [0.4, 0.5) is 4.79 Å². The molecule has 4 nitrogen and oxygen atoms in total. The number of hydrogen-bond donors (Lipinski definition) is 2. The zero-order valence-corrected chi connectivity index (χ0v) is 11.7. The minimum absolute atomic E-state index is 0.0356.